The van der Waals surface area contributed by atoms with E-state index in [1.807, 2.05) is 24.3 Å². The first kappa shape index (κ1) is 9.19. The average molecular weight is 242 g/mol. The van der Waals surface area contributed by atoms with Gasteiger partial charge in [-0.2, -0.15) is 0 Å². The first-order chi connectivity index (χ1) is 6.38. The third-order valence-electron chi connectivity index (χ3n) is 1.98. The van der Waals surface area contributed by atoms with E-state index in [-0.39, 0.29) is 6.10 Å². The fourth-order valence-electron chi connectivity index (χ4n) is 1.32. The molecule has 1 aliphatic heterocycles. The van der Waals surface area contributed by atoms with E-state index in [2.05, 4.69) is 15.9 Å². The molecule has 13 heavy (non-hydrogen) atoms. The quantitative estimate of drug-likeness (QED) is 0.753. The van der Waals surface area contributed by atoms with Gasteiger partial charge in [0.2, 0.25) is 0 Å². The van der Waals surface area contributed by atoms with Crippen LogP contribution >= 0.6 is 15.9 Å². The Hall–Kier alpha value is -0.380. The Morgan fingerprint density at radius 1 is 1.31 bits per heavy atom. The highest BCUT2D eigenvalue weighted by Gasteiger charge is 2.18. The van der Waals surface area contributed by atoms with Crippen LogP contribution in [0.2, 0.25) is 0 Å². The molecule has 0 saturated carbocycles. The Labute approximate surface area is 86.0 Å². The van der Waals surface area contributed by atoms with Gasteiger partial charge in [0.05, 0.1) is 13.2 Å². The highest BCUT2D eigenvalue weighted by Crippen LogP contribution is 2.27. The van der Waals surface area contributed by atoms with Gasteiger partial charge in [-0.05, 0) is 11.6 Å². The molecule has 0 N–H and O–H groups in total. The molecule has 3 heteroatoms. The van der Waals surface area contributed by atoms with E-state index in [1.54, 1.807) is 6.61 Å². The van der Waals surface area contributed by atoms with E-state index in [1.165, 1.54) is 0 Å². The zero-order valence-corrected chi connectivity index (χ0v) is 8.66. The normalized spacial score (nSPS) is 23.0. The molecule has 1 aromatic carbocycles. The first-order valence-corrected chi connectivity index (χ1v) is 4.96. The predicted octanol–water partition coefficient (Wildman–Crippen LogP) is 2.70. The second-order valence-corrected chi connectivity index (χ2v) is 3.70. The Morgan fingerprint density at radius 3 is 2.85 bits per heavy atom. The minimum absolute atomic E-state index is 0.0561. The van der Waals surface area contributed by atoms with Crippen LogP contribution in [0.15, 0.2) is 28.7 Å². The van der Waals surface area contributed by atoms with Gasteiger partial charge in [0.25, 0.3) is 0 Å². The van der Waals surface area contributed by atoms with E-state index >= 15 is 0 Å². The van der Waals surface area contributed by atoms with Gasteiger partial charge in [-0.1, -0.05) is 34.1 Å². The highest BCUT2D eigenvalue weighted by atomic mass is 79.9. The van der Waals surface area contributed by atoms with Gasteiger partial charge >= 0.3 is 0 Å². The SMILES string of the molecule is Brc1ccccc1C1CO[CH]CO1. The van der Waals surface area contributed by atoms with Crippen molar-refractivity contribution in [2.45, 2.75) is 6.10 Å². The maximum atomic E-state index is 5.53. The minimum Gasteiger partial charge on any atom is -0.370 e. The summed E-state index contributed by atoms with van der Waals surface area (Å²) in [5.41, 5.74) is 1.15. The summed E-state index contributed by atoms with van der Waals surface area (Å²) in [7, 11) is 0. The molecular weight excluding hydrogens is 232 g/mol. The Bertz CT molecular complexity index is 282. The summed E-state index contributed by atoms with van der Waals surface area (Å²) in [6.45, 7) is 2.85. The van der Waals surface area contributed by atoms with Crippen LogP contribution in [0.1, 0.15) is 11.7 Å². The third-order valence-corrected chi connectivity index (χ3v) is 2.71. The number of hydrogen-bond acceptors (Lipinski definition) is 2. The molecule has 1 aliphatic rings. The molecule has 1 atom stereocenters. The Kier molecular flexibility index (Phi) is 2.98. The summed E-state index contributed by atoms with van der Waals surface area (Å²) in [5.74, 6) is 0. The summed E-state index contributed by atoms with van der Waals surface area (Å²) in [6, 6.07) is 8.05. The summed E-state index contributed by atoms with van der Waals surface area (Å²) in [6.07, 6.45) is 0.0561. The molecule has 0 amide bonds. The molecule has 2 nitrogen and oxygen atoms in total. The van der Waals surface area contributed by atoms with E-state index in [0.717, 1.165) is 10.0 Å². The lowest BCUT2D eigenvalue weighted by molar-refractivity contribution is -0.0580. The average Bonchev–Trinajstić information content (AvgIpc) is 2.20. The topological polar surface area (TPSA) is 18.5 Å². The summed E-state index contributed by atoms with van der Waals surface area (Å²) < 4.78 is 11.8. The highest BCUT2D eigenvalue weighted by molar-refractivity contribution is 9.10. The molecule has 1 saturated heterocycles. The van der Waals surface area contributed by atoms with Crippen molar-refractivity contribution in [3.05, 3.63) is 40.9 Å². The van der Waals surface area contributed by atoms with Gasteiger partial charge in [0.15, 0.2) is 0 Å². The number of halogens is 1. The third kappa shape index (κ3) is 2.10. The second kappa shape index (κ2) is 4.22. The van der Waals surface area contributed by atoms with Crippen molar-refractivity contribution in [3.8, 4) is 0 Å². The maximum absolute atomic E-state index is 5.53. The van der Waals surface area contributed by atoms with Crippen molar-refractivity contribution in [1.29, 1.82) is 0 Å². The van der Waals surface area contributed by atoms with Gasteiger partial charge in [-0.25, -0.2) is 0 Å². The monoisotopic (exact) mass is 241 g/mol. The molecule has 1 aromatic rings. The Morgan fingerprint density at radius 2 is 2.15 bits per heavy atom. The van der Waals surface area contributed by atoms with Gasteiger partial charge in [-0.15, -0.1) is 0 Å². The van der Waals surface area contributed by atoms with E-state index in [0.29, 0.717) is 13.2 Å². The van der Waals surface area contributed by atoms with Crippen molar-refractivity contribution >= 4 is 15.9 Å². The predicted molar refractivity (Wildman–Crippen MR) is 53.1 cm³/mol. The second-order valence-electron chi connectivity index (χ2n) is 2.84. The molecule has 1 unspecified atom stereocenters. The van der Waals surface area contributed by atoms with Crippen LogP contribution in [0.3, 0.4) is 0 Å². The molecule has 2 rings (SSSR count). The van der Waals surface area contributed by atoms with E-state index in [4.69, 9.17) is 9.47 Å². The number of ether oxygens (including phenoxy) is 2. The molecule has 1 fully saturated rings. The van der Waals surface area contributed by atoms with Crippen LogP contribution in [0.5, 0.6) is 0 Å². The zero-order valence-electron chi connectivity index (χ0n) is 7.07. The summed E-state index contributed by atoms with van der Waals surface area (Å²) >= 11 is 3.49. The van der Waals surface area contributed by atoms with Crippen LogP contribution in [0.4, 0.5) is 0 Å². The smallest absolute Gasteiger partial charge is 0.109 e. The fourth-order valence-corrected chi connectivity index (χ4v) is 1.86. The van der Waals surface area contributed by atoms with E-state index in [9.17, 15) is 0 Å². The molecule has 1 heterocycles. The van der Waals surface area contributed by atoms with Gasteiger partial charge in [0, 0.05) is 4.47 Å². The summed E-state index contributed by atoms with van der Waals surface area (Å²) in [4.78, 5) is 0. The Balaban J connectivity index is 2.18. The lowest BCUT2D eigenvalue weighted by atomic mass is 10.1. The number of rotatable bonds is 1. The van der Waals surface area contributed by atoms with Gasteiger partial charge < -0.3 is 9.47 Å². The van der Waals surface area contributed by atoms with Crippen molar-refractivity contribution in [2.75, 3.05) is 13.2 Å². The molecule has 0 spiro atoms. The largest absolute Gasteiger partial charge is 0.370 e. The zero-order chi connectivity index (χ0) is 9.10. The number of benzene rings is 1. The number of hydrogen-bond donors (Lipinski definition) is 0. The van der Waals surface area contributed by atoms with Crippen molar-refractivity contribution in [2.24, 2.45) is 0 Å². The van der Waals surface area contributed by atoms with Crippen LogP contribution in [-0.4, -0.2) is 13.2 Å². The lowest BCUT2D eigenvalue weighted by Crippen LogP contribution is -2.19. The maximum Gasteiger partial charge on any atom is 0.109 e. The molecule has 1 radical (unpaired) electrons. The van der Waals surface area contributed by atoms with Crippen LogP contribution in [0, 0.1) is 6.61 Å². The van der Waals surface area contributed by atoms with Crippen molar-refractivity contribution in [3.63, 3.8) is 0 Å². The van der Waals surface area contributed by atoms with E-state index < -0.39 is 0 Å². The molecule has 0 aromatic heterocycles. The summed E-state index contributed by atoms with van der Waals surface area (Å²) in [5, 5.41) is 0. The molecule has 0 aliphatic carbocycles. The molecule has 69 valence electrons. The molecular formula is C10H10BrO2. The molecule has 0 bridgehead atoms. The van der Waals surface area contributed by atoms with Crippen LogP contribution in [0.25, 0.3) is 0 Å². The lowest BCUT2D eigenvalue weighted by Gasteiger charge is -2.23. The van der Waals surface area contributed by atoms with Gasteiger partial charge in [-0.3, -0.25) is 0 Å². The van der Waals surface area contributed by atoms with Crippen LogP contribution < -0.4 is 0 Å². The minimum atomic E-state index is 0.0561. The fraction of sp³-hybridized carbons (Fsp3) is 0.300. The van der Waals surface area contributed by atoms with Gasteiger partial charge in [0.1, 0.15) is 12.7 Å². The van der Waals surface area contributed by atoms with Crippen LogP contribution in [-0.2, 0) is 9.47 Å². The van der Waals surface area contributed by atoms with Crippen molar-refractivity contribution < 1.29 is 9.47 Å². The van der Waals surface area contributed by atoms with Crippen molar-refractivity contribution in [1.82, 2.24) is 0 Å². The standard InChI is InChI=1S/C10H10BrO2/c11-9-4-2-1-3-8(9)10-7-12-5-6-13-10/h1-5,10H,6-7H2. The first-order valence-electron chi connectivity index (χ1n) is 4.17.